The van der Waals surface area contributed by atoms with Crippen LogP contribution in [0.25, 0.3) is 5.57 Å². The van der Waals surface area contributed by atoms with Gasteiger partial charge in [-0.2, -0.15) is 0 Å². The first-order valence-corrected chi connectivity index (χ1v) is 9.95. The van der Waals surface area contributed by atoms with Crippen molar-refractivity contribution in [2.45, 2.75) is 79.1 Å². The van der Waals surface area contributed by atoms with Crippen molar-refractivity contribution in [3.63, 3.8) is 0 Å². The summed E-state index contributed by atoms with van der Waals surface area (Å²) in [6.07, 6.45) is 12.9. The number of benzene rings is 1. The second-order valence-electron chi connectivity index (χ2n) is 7.38. The van der Waals surface area contributed by atoms with Gasteiger partial charge in [0.15, 0.2) is 0 Å². The SMILES string of the molecule is CCC/N=C(C)\C=C(/C)c1ccc(CCC2CCCC2)cc1CC. The quantitative estimate of drug-likeness (QED) is 0.475. The van der Waals surface area contributed by atoms with Gasteiger partial charge in [0.05, 0.1) is 0 Å². The molecule has 1 fully saturated rings. The van der Waals surface area contributed by atoms with Crippen LogP contribution in [0, 0.1) is 5.92 Å². The van der Waals surface area contributed by atoms with E-state index in [1.54, 1.807) is 0 Å². The summed E-state index contributed by atoms with van der Waals surface area (Å²) >= 11 is 0. The molecule has 1 heteroatoms. The Morgan fingerprint density at radius 1 is 1.17 bits per heavy atom. The predicted molar refractivity (Wildman–Crippen MR) is 108 cm³/mol. The highest BCUT2D eigenvalue weighted by Crippen LogP contribution is 2.29. The molecule has 132 valence electrons. The fraction of sp³-hybridized carbons (Fsp3) is 0.609. The molecular weight excluding hydrogens is 290 g/mol. The van der Waals surface area contributed by atoms with Crippen LogP contribution in [0.5, 0.6) is 0 Å². The summed E-state index contributed by atoms with van der Waals surface area (Å²) in [6.45, 7) is 9.70. The van der Waals surface area contributed by atoms with Crippen LogP contribution in [0.1, 0.15) is 82.9 Å². The summed E-state index contributed by atoms with van der Waals surface area (Å²) in [5.74, 6) is 0.980. The molecule has 0 aromatic heterocycles. The zero-order valence-corrected chi connectivity index (χ0v) is 16.2. The van der Waals surface area contributed by atoms with Crippen LogP contribution in [0.4, 0.5) is 0 Å². The molecule has 0 atom stereocenters. The van der Waals surface area contributed by atoms with Crippen molar-refractivity contribution in [2.24, 2.45) is 10.9 Å². The molecule has 0 radical (unpaired) electrons. The van der Waals surface area contributed by atoms with Crippen molar-refractivity contribution < 1.29 is 0 Å². The van der Waals surface area contributed by atoms with Crippen molar-refractivity contribution in [1.82, 2.24) is 0 Å². The Labute approximate surface area is 149 Å². The average molecular weight is 326 g/mol. The third kappa shape index (κ3) is 5.61. The standard InChI is InChI=1S/C23H35N/c1-5-15-24-19(4)16-18(3)23-14-13-21(17-22(23)6-2)12-11-20-9-7-8-10-20/h13-14,16-17,20H,5-12,15H2,1-4H3/b18-16+,24-19-. The number of aliphatic imine (C=N–C) groups is 1. The van der Waals surface area contributed by atoms with Gasteiger partial charge in [0, 0.05) is 12.3 Å². The van der Waals surface area contributed by atoms with Crippen LogP contribution in [0.2, 0.25) is 0 Å². The van der Waals surface area contributed by atoms with Gasteiger partial charge < -0.3 is 0 Å². The van der Waals surface area contributed by atoms with E-state index in [-0.39, 0.29) is 0 Å². The number of nitrogens with zero attached hydrogens (tertiary/aromatic N) is 1. The van der Waals surface area contributed by atoms with Gasteiger partial charge in [0.25, 0.3) is 0 Å². The molecule has 0 saturated heterocycles. The largest absolute Gasteiger partial charge is 0.290 e. The highest BCUT2D eigenvalue weighted by atomic mass is 14.7. The molecule has 0 bridgehead atoms. The molecule has 1 aliphatic carbocycles. The van der Waals surface area contributed by atoms with Crippen LogP contribution in [-0.4, -0.2) is 12.3 Å². The van der Waals surface area contributed by atoms with E-state index in [1.165, 1.54) is 60.8 Å². The number of hydrogen-bond acceptors (Lipinski definition) is 1. The van der Waals surface area contributed by atoms with Crippen LogP contribution in [0.3, 0.4) is 0 Å². The first-order chi connectivity index (χ1) is 11.6. The first kappa shape index (κ1) is 19.0. The maximum Gasteiger partial charge on any atom is 0.0389 e. The molecule has 0 amide bonds. The summed E-state index contributed by atoms with van der Waals surface area (Å²) in [5.41, 5.74) is 6.88. The van der Waals surface area contributed by atoms with Crippen molar-refractivity contribution >= 4 is 11.3 Å². The van der Waals surface area contributed by atoms with Crippen molar-refractivity contribution in [2.75, 3.05) is 6.54 Å². The van der Waals surface area contributed by atoms with E-state index in [0.29, 0.717) is 0 Å². The van der Waals surface area contributed by atoms with Gasteiger partial charge in [-0.05, 0) is 73.8 Å². The van der Waals surface area contributed by atoms with Gasteiger partial charge in [-0.1, -0.05) is 57.7 Å². The third-order valence-corrected chi connectivity index (χ3v) is 5.30. The summed E-state index contributed by atoms with van der Waals surface area (Å²) in [4.78, 5) is 4.59. The van der Waals surface area contributed by atoms with Crippen molar-refractivity contribution in [1.29, 1.82) is 0 Å². The number of rotatable bonds is 8. The van der Waals surface area contributed by atoms with E-state index in [9.17, 15) is 0 Å². The number of allylic oxidation sites excluding steroid dienone is 2. The topological polar surface area (TPSA) is 12.4 Å². The van der Waals surface area contributed by atoms with Crippen LogP contribution < -0.4 is 0 Å². The Bertz CT molecular complexity index is 574. The molecule has 0 heterocycles. The summed E-state index contributed by atoms with van der Waals surface area (Å²) < 4.78 is 0. The lowest BCUT2D eigenvalue weighted by molar-refractivity contribution is 0.504. The molecule has 2 rings (SSSR count). The normalized spacial score (nSPS) is 16.8. The lowest BCUT2D eigenvalue weighted by atomic mass is 9.92. The van der Waals surface area contributed by atoms with Crippen LogP contribution in [0.15, 0.2) is 29.3 Å². The molecule has 0 spiro atoms. The number of hydrogen-bond donors (Lipinski definition) is 0. The fourth-order valence-electron chi connectivity index (χ4n) is 3.87. The van der Waals surface area contributed by atoms with E-state index in [1.807, 2.05) is 0 Å². The maximum atomic E-state index is 4.59. The smallest absolute Gasteiger partial charge is 0.0389 e. The molecule has 0 N–H and O–H groups in total. The third-order valence-electron chi connectivity index (χ3n) is 5.30. The molecule has 1 aliphatic rings. The Hall–Kier alpha value is -1.37. The minimum absolute atomic E-state index is 0.927. The molecule has 1 nitrogen and oxygen atoms in total. The zero-order chi connectivity index (χ0) is 17.4. The summed E-state index contributed by atoms with van der Waals surface area (Å²) in [7, 11) is 0. The van der Waals surface area contributed by atoms with Crippen molar-refractivity contribution in [3.05, 3.63) is 41.0 Å². The van der Waals surface area contributed by atoms with E-state index in [4.69, 9.17) is 0 Å². The van der Waals surface area contributed by atoms with E-state index in [0.717, 1.165) is 31.0 Å². The van der Waals surface area contributed by atoms with E-state index >= 15 is 0 Å². The van der Waals surface area contributed by atoms with Gasteiger partial charge in [-0.25, -0.2) is 0 Å². The molecule has 24 heavy (non-hydrogen) atoms. The molecular formula is C23H35N. The van der Waals surface area contributed by atoms with Gasteiger partial charge in [0.1, 0.15) is 0 Å². The molecule has 1 aromatic rings. The Morgan fingerprint density at radius 2 is 1.92 bits per heavy atom. The second kappa shape index (κ2) is 9.81. The van der Waals surface area contributed by atoms with Crippen LogP contribution in [-0.2, 0) is 12.8 Å². The second-order valence-corrected chi connectivity index (χ2v) is 7.38. The Morgan fingerprint density at radius 3 is 2.58 bits per heavy atom. The van der Waals surface area contributed by atoms with Gasteiger partial charge in [0.2, 0.25) is 0 Å². The van der Waals surface area contributed by atoms with Gasteiger partial charge in [-0.15, -0.1) is 0 Å². The molecule has 0 aliphatic heterocycles. The first-order valence-electron chi connectivity index (χ1n) is 9.95. The minimum atomic E-state index is 0.927. The molecule has 1 saturated carbocycles. The highest BCUT2D eigenvalue weighted by Gasteiger charge is 2.15. The molecule has 0 unspecified atom stereocenters. The Balaban J connectivity index is 2.08. The highest BCUT2D eigenvalue weighted by molar-refractivity contribution is 5.99. The fourth-order valence-corrected chi connectivity index (χ4v) is 3.87. The maximum absolute atomic E-state index is 4.59. The minimum Gasteiger partial charge on any atom is -0.290 e. The zero-order valence-electron chi connectivity index (χ0n) is 16.2. The lowest BCUT2D eigenvalue weighted by Crippen LogP contribution is -1.99. The summed E-state index contributed by atoms with van der Waals surface area (Å²) in [6, 6.07) is 7.13. The van der Waals surface area contributed by atoms with Crippen molar-refractivity contribution in [3.8, 4) is 0 Å². The molecule has 1 aromatic carbocycles. The predicted octanol–water partition coefficient (Wildman–Crippen LogP) is 6.65. The van der Waals surface area contributed by atoms with Crippen LogP contribution >= 0.6 is 0 Å². The number of aryl methyl sites for hydroxylation is 2. The average Bonchev–Trinajstić information content (AvgIpc) is 3.11. The Kier molecular flexibility index (Phi) is 7.75. The van der Waals surface area contributed by atoms with Gasteiger partial charge in [-0.3, -0.25) is 4.99 Å². The van der Waals surface area contributed by atoms with E-state index in [2.05, 4.69) is 57.0 Å². The van der Waals surface area contributed by atoms with Gasteiger partial charge >= 0.3 is 0 Å². The summed E-state index contributed by atoms with van der Waals surface area (Å²) in [5, 5.41) is 0. The monoisotopic (exact) mass is 325 g/mol. The van der Waals surface area contributed by atoms with E-state index < -0.39 is 0 Å². The lowest BCUT2D eigenvalue weighted by Gasteiger charge is -2.13.